The van der Waals surface area contributed by atoms with Crippen molar-refractivity contribution < 1.29 is 4.57 Å². The first-order chi connectivity index (χ1) is 7.77. The molecule has 0 amide bonds. The summed E-state index contributed by atoms with van der Waals surface area (Å²) in [5.41, 5.74) is 9.15. The minimum Gasteiger partial charge on any atom is -0.393 e. The lowest BCUT2D eigenvalue weighted by Gasteiger charge is -2.03. The molecule has 78 valence electrons. The van der Waals surface area contributed by atoms with Gasteiger partial charge in [-0.05, 0) is 24.3 Å². The van der Waals surface area contributed by atoms with Gasteiger partial charge in [-0.25, -0.2) is 0 Å². The summed E-state index contributed by atoms with van der Waals surface area (Å²) in [6, 6.07) is 16.6. The minimum atomic E-state index is 0.825. The molecule has 2 nitrogen and oxygen atoms in total. The Bertz CT molecular complexity index is 687. The number of anilines is 1. The quantitative estimate of drug-likeness (QED) is 0.344. The average Bonchev–Trinajstić information content (AvgIpc) is 2.29. The van der Waals surface area contributed by atoms with E-state index in [0.717, 1.165) is 11.2 Å². The summed E-state index contributed by atoms with van der Waals surface area (Å²) >= 11 is 0. The third kappa shape index (κ3) is 1.16. The van der Waals surface area contributed by atoms with E-state index in [1.165, 1.54) is 16.3 Å². The summed E-state index contributed by atoms with van der Waals surface area (Å²) in [5.74, 6) is 0. The van der Waals surface area contributed by atoms with Crippen molar-refractivity contribution in [2.45, 2.75) is 0 Å². The molecule has 0 saturated carbocycles. The van der Waals surface area contributed by atoms with E-state index >= 15 is 0 Å². The SMILES string of the molecule is C[n+]1c2ccccc2cc2cccc(N)c21. The number of nitrogens with two attached hydrogens (primary N) is 1. The highest BCUT2D eigenvalue weighted by atomic mass is 14.9. The first kappa shape index (κ1) is 9.16. The molecule has 0 unspecified atom stereocenters. The predicted octanol–water partition coefficient (Wildman–Crippen LogP) is 2.40. The fourth-order valence-corrected chi connectivity index (χ4v) is 2.29. The number of nitrogen functional groups attached to an aromatic ring is 1. The van der Waals surface area contributed by atoms with Gasteiger partial charge in [0.15, 0.2) is 0 Å². The van der Waals surface area contributed by atoms with Gasteiger partial charge in [-0.15, -0.1) is 0 Å². The van der Waals surface area contributed by atoms with Gasteiger partial charge in [-0.1, -0.05) is 18.2 Å². The maximum absolute atomic E-state index is 6.03. The second-order valence-corrected chi connectivity index (χ2v) is 4.05. The van der Waals surface area contributed by atoms with E-state index in [0.29, 0.717) is 0 Å². The van der Waals surface area contributed by atoms with Gasteiger partial charge in [-0.2, -0.15) is 4.57 Å². The molecule has 1 aromatic heterocycles. The van der Waals surface area contributed by atoms with Crippen molar-refractivity contribution in [3.63, 3.8) is 0 Å². The Morgan fingerprint density at radius 1 is 0.938 bits per heavy atom. The van der Waals surface area contributed by atoms with Crippen LogP contribution < -0.4 is 10.3 Å². The van der Waals surface area contributed by atoms with Crippen LogP contribution in [0.4, 0.5) is 5.69 Å². The predicted molar refractivity (Wildman–Crippen MR) is 67.0 cm³/mol. The van der Waals surface area contributed by atoms with Crippen LogP contribution in [0.3, 0.4) is 0 Å². The molecule has 0 atom stereocenters. The van der Waals surface area contributed by atoms with E-state index in [1.807, 2.05) is 18.2 Å². The Morgan fingerprint density at radius 3 is 2.56 bits per heavy atom. The molecule has 2 heteroatoms. The Kier molecular flexibility index (Phi) is 1.83. The molecular weight excluding hydrogens is 196 g/mol. The van der Waals surface area contributed by atoms with E-state index < -0.39 is 0 Å². The number of rotatable bonds is 0. The Morgan fingerprint density at radius 2 is 1.69 bits per heavy atom. The van der Waals surface area contributed by atoms with E-state index in [9.17, 15) is 0 Å². The average molecular weight is 209 g/mol. The third-order valence-electron chi connectivity index (χ3n) is 3.04. The molecule has 0 bridgehead atoms. The normalized spacial score (nSPS) is 11.1. The number of aryl methyl sites for hydroxylation is 1. The number of fused-ring (bicyclic) bond motifs is 2. The number of pyridine rings is 1. The monoisotopic (exact) mass is 209 g/mol. The van der Waals surface area contributed by atoms with E-state index in [2.05, 4.69) is 41.9 Å². The maximum Gasteiger partial charge on any atom is 0.235 e. The topological polar surface area (TPSA) is 29.9 Å². The van der Waals surface area contributed by atoms with Gasteiger partial charge >= 0.3 is 0 Å². The zero-order chi connectivity index (χ0) is 11.1. The molecule has 0 spiro atoms. The first-order valence-corrected chi connectivity index (χ1v) is 5.33. The number of para-hydroxylation sites is 2. The van der Waals surface area contributed by atoms with Crippen molar-refractivity contribution in [1.82, 2.24) is 0 Å². The highest BCUT2D eigenvalue weighted by Crippen LogP contribution is 2.21. The van der Waals surface area contributed by atoms with Gasteiger partial charge in [0.05, 0.1) is 0 Å². The van der Waals surface area contributed by atoms with Gasteiger partial charge in [0, 0.05) is 16.8 Å². The van der Waals surface area contributed by atoms with E-state index in [4.69, 9.17) is 5.73 Å². The van der Waals surface area contributed by atoms with Crippen molar-refractivity contribution >= 4 is 27.5 Å². The Labute approximate surface area is 93.9 Å². The van der Waals surface area contributed by atoms with Crippen molar-refractivity contribution in [1.29, 1.82) is 0 Å². The summed E-state index contributed by atoms with van der Waals surface area (Å²) in [6.45, 7) is 0. The standard InChI is InChI=1S/C14H13N2/c1-16-13-8-3-2-5-10(13)9-11-6-4-7-12(15)14(11)16/h2-9H,15H2,1H3/q+1. The number of nitrogens with zero attached hydrogens (tertiary/aromatic N) is 1. The Balaban J connectivity index is 2.62. The molecule has 1 heterocycles. The van der Waals surface area contributed by atoms with Crippen LogP contribution >= 0.6 is 0 Å². The maximum atomic E-state index is 6.03. The lowest BCUT2D eigenvalue weighted by Crippen LogP contribution is -2.30. The molecular formula is C14H13N2+. The highest BCUT2D eigenvalue weighted by molar-refractivity contribution is 5.93. The summed E-state index contributed by atoms with van der Waals surface area (Å²) < 4.78 is 2.15. The van der Waals surface area contributed by atoms with Crippen LogP contribution in [0.2, 0.25) is 0 Å². The number of hydrogen-bond donors (Lipinski definition) is 1. The van der Waals surface area contributed by atoms with Gasteiger partial charge in [0.1, 0.15) is 12.7 Å². The van der Waals surface area contributed by atoms with Crippen molar-refractivity contribution in [3.05, 3.63) is 48.5 Å². The van der Waals surface area contributed by atoms with Crippen molar-refractivity contribution in [2.24, 2.45) is 7.05 Å². The van der Waals surface area contributed by atoms with Crippen LogP contribution in [0.15, 0.2) is 48.5 Å². The zero-order valence-corrected chi connectivity index (χ0v) is 9.14. The fraction of sp³-hybridized carbons (Fsp3) is 0.0714. The van der Waals surface area contributed by atoms with Crippen molar-refractivity contribution in [2.75, 3.05) is 5.73 Å². The molecule has 0 aliphatic rings. The lowest BCUT2D eigenvalue weighted by atomic mass is 10.1. The zero-order valence-electron chi connectivity index (χ0n) is 9.14. The molecule has 0 fully saturated rings. The van der Waals surface area contributed by atoms with E-state index in [-0.39, 0.29) is 0 Å². The summed E-state index contributed by atoms with van der Waals surface area (Å²) in [5, 5.41) is 2.42. The molecule has 0 aliphatic carbocycles. The first-order valence-electron chi connectivity index (χ1n) is 5.33. The summed E-state index contributed by atoms with van der Waals surface area (Å²) in [7, 11) is 2.06. The molecule has 0 saturated heterocycles. The number of aromatic nitrogens is 1. The molecule has 3 rings (SSSR count). The number of benzene rings is 2. The molecule has 2 aromatic carbocycles. The third-order valence-corrected chi connectivity index (χ3v) is 3.04. The Hall–Kier alpha value is -2.09. The minimum absolute atomic E-state index is 0.825. The molecule has 3 aromatic rings. The van der Waals surface area contributed by atoms with Crippen LogP contribution in [0.5, 0.6) is 0 Å². The summed E-state index contributed by atoms with van der Waals surface area (Å²) in [6.07, 6.45) is 0. The van der Waals surface area contributed by atoms with Crippen molar-refractivity contribution in [3.8, 4) is 0 Å². The number of hydrogen-bond acceptors (Lipinski definition) is 1. The summed E-state index contributed by atoms with van der Waals surface area (Å²) in [4.78, 5) is 0. The van der Waals surface area contributed by atoms with E-state index in [1.54, 1.807) is 0 Å². The highest BCUT2D eigenvalue weighted by Gasteiger charge is 2.12. The van der Waals surface area contributed by atoms with Gasteiger partial charge in [-0.3, -0.25) is 0 Å². The van der Waals surface area contributed by atoms with Gasteiger partial charge < -0.3 is 5.73 Å². The van der Waals surface area contributed by atoms with Gasteiger partial charge in [0.25, 0.3) is 0 Å². The lowest BCUT2D eigenvalue weighted by molar-refractivity contribution is -0.617. The molecule has 0 radical (unpaired) electrons. The molecule has 0 aliphatic heterocycles. The second kappa shape index (κ2) is 3.20. The van der Waals surface area contributed by atoms with Crippen LogP contribution in [-0.4, -0.2) is 0 Å². The van der Waals surface area contributed by atoms with Crippen LogP contribution in [0.1, 0.15) is 0 Å². The van der Waals surface area contributed by atoms with Crippen LogP contribution in [-0.2, 0) is 7.05 Å². The molecule has 16 heavy (non-hydrogen) atoms. The largest absolute Gasteiger partial charge is 0.393 e. The van der Waals surface area contributed by atoms with Crippen LogP contribution in [0.25, 0.3) is 21.8 Å². The molecule has 2 N–H and O–H groups in total. The fourth-order valence-electron chi connectivity index (χ4n) is 2.29. The smallest absolute Gasteiger partial charge is 0.235 e. The van der Waals surface area contributed by atoms with Gasteiger partial charge in [0.2, 0.25) is 11.0 Å². The second-order valence-electron chi connectivity index (χ2n) is 4.05. The van der Waals surface area contributed by atoms with Crippen LogP contribution in [0, 0.1) is 0 Å².